The molecule has 0 atom stereocenters. The van der Waals surface area contributed by atoms with Gasteiger partial charge in [0.25, 0.3) is 0 Å². The summed E-state index contributed by atoms with van der Waals surface area (Å²) in [6, 6.07) is 0. The Balaban J connectivity index is 1.95. The van der Waals surface area contributed by atoms with Crippen LogP contribution in [-0.4, -0.2) is 5.24 Å². The number of hydrogen-bond donors (Lipinski definition) is 0. The second kappa shape index (κ2) is 2.49. The minimum absolute atomic E-state index is 0.183. The molecule has 0 unspecified atom stereocenters. The molecule has 0 bridgehead atoms. The molecule has 0 amide bonds. The van der Waals surface area contributed by atoms with Crippen molar-refractivity contribution in [2.24, 2.45) is 5.92 Å². The van der Waals surface area contributed by atoms with E-state index in [4.69, 9.17) is 11.6 Å². The van der Waals surface area contributed by atoms with Crippen molar-refractivity contribution >= 4 is 16.8 Å². The first-order valence-electron chi connectivity index (χ1n) is 2.97. The summed E-state index contributed by atoms with van der Waals surface area (Å²) in [7, 11) is 0. The highest BCUT2D eigenvalue weighted by molar-refractivity contribution is 6.63. The molecule has 46 valence electrons. The van der Waals surface area contributed by atoms with E-state index in [-0.39, 0.29) is 5.24 Å². The molecule has 1 aliphatic carbocycles. The van der Waals surface area contributed by atoms with Gasteiger partial charge in [-0.15, -0.1) is 0 Å². The first-order chi connectivity index (χ1) is 3.79. The highest BCUT2D eigenvalue weighted by Crippen LogP contribution is 2.33. The normalized spacial score (nSPS) is 18.6. The predicted octanol–water partition coefficient (Wildman–Crippen LogP) is 1.94. The molecule has 0 aromatic rings. The molecule has 1 saturated carbocycles. The lowest BCUT2D eigenvalue weighted by molar-refractivity contribution is -0.111. The molecule has 1 nitrogen and oxygen atoms in total. The van der Waals surface area contributed by atoms with Crippen molar-refractivity contribution in [3.8, 4) is 0 Å². The molecule has 0 aromatic heterocycles. The Bertz CT molecular complexity index is 96.7. The van der Waals surface area contributed by atoms with Gasteiger partial charge in [0.2, 0.25) is 5.24 Å². The second-order valence-electron chi connectivity index (χ2n) is 2.34. The molecule has 1 aliphatic rings. The average Bonchev–Trinajstić information content (AvgIpc) is 2.41. The summed E-state index contributed by atoms with van der Waals surface area (Å²) in [5, 5.41) is -0.183. The first-order valence-corrected chi connectivity index (χ1v) is 3.35. The third-order valence-electron chi connectivity index (χ3n) is 1.45. The van der Waals surface area contributed by atoms with E-state index in [0.29, 0.717) is 6.42 Å². The topological polar surface area (TPSA) is 17.1 Å². The van der Waals surface area contributed by atoms with Crippen molar-refractivity contribution in [2.75, 3.05) is 0 Å². The largest absolute Gasteiger partial charge is 0.281 e. The van der Waals surface area contributed by atoms with Crippen LogP contribution in [0.1, 0.15) is 25.7 Å². The summed E-state index contributed by atoms with van der Waals surface area (Å²) in [6.45, 7) is 0. The summed E-state index contributed by atoms with van der Waals surface area (Å²) >= 11 is 5.11. The Morgan fingerprint density at radius 3 is 2.62 bits per heavy atom. The predicted molar refractivity (Wildman–Crippen MR) is 32.8 cm³/mol. The molecule has 0 radical (unpaired) electrons. The molecule has 1 rings (SSSR count). The van der Waals surface area contributed by atoms with E-state index in [1.54, 1.807) is 0 Å². The van der Waals surface area contributed by atoms with Crippen molar-refractivity contribution in [1.82, 2.24) is 0 Å². The molecule has 0 aromatic carbocycles. The van der Waals surface area contributed by atoms with Crippen LogP contribution in [0, 0.1) is 5.92 Å². The molecule has 0 N–H and O–H groups in total. The molecule has 0 saturated heterocycles. The van der Waals surface area contributed by atoms with Crippen molar-refractivity contribution in [2.45, 2.75) is 25.7 Å². The minimum atomic E-state index is -0.183. The number of rotatable bonds is 3. The zero-order valence-electron chi connectivity index (χ0n) is 4.69. The molecule has 0 heterocycles. The standard InChI is InChI=1S/C6H9ClO/c7-6(8)4-3-5-1-2-5/h5H,1-4H2. The number of halogens is 1. The minimum Gasteiger partial charge on any atom is -0.281 e. The highest BCUT2D eigenvalue weighted by atomic mass is 35.5. The highest BCUT2D eigenvalue weighted by Gasteiger charge is 2.21. The van der Waals surface area contributed by atoms with Crippen LogP contribution >= 0.6 is 11.6 Å². The summed E-state index contributed by atoms with van der Waals surface area (Å²) in [4.78, 5) is 10.1. The van der Waals surface area contributed by atoms with Crippen molar-refractivity contribution in [3.05, 3.63) is 0 Å². The summed E-state index contributed by atoms with van der Waals surface area (Å²) in [5.74, 6) is 0.831. The van der Waals surface area contributed by atoms with E-state index in [9.17, 15) is 4.79 Å². The monoisotopic (exact) mass is 132 g/mol. The molecular formula is C6H9ClO. The van der Waals surface area contributed by atoms with E-state index in [2.05, 4.69) is 0 Å². The van der Waals surface area contributed by atoms with Crippen LogP contribution < -0.4 is 0 Å². The van der Waals surface area contributed by atoms with Gasteiger partial charge in [0, 0.05) is 6.42 Å². The van der Waals surface area contributed by atoms with E-state index < -0.39 is 0 Å². The van der Waals surface area contributed by atoms with Gasteiger partial charge in [0.1, 0.15) is 0 Å². The van der Waals surface area contributed by atoms with Crippen molar-refractivity contribution in [1.29, 1.82) is 0 Å². The van der Waals surface area contributed by atoms with E-state index >= 15 is 0 Å². The average molecular weight is 133 g/mol. The SMILES string of the molecule is O=C(Cl)CCC1CC1. The molecule has 1 fully saturated rings. The second-order valence-corrected chi connectivity index (χ2v) is 2.76. The number of carbonyl (C=O) groups excluding carboxylic acids is 1. The van der Waals surface area contributed by atoms with E-state index in [0.717, 1.165) is 12.3 Å². The fraction of sp³-hybridized carbons (Fsp3) is 0.833. The van der Waals surface area contributed by atoms with Crippen LogP contribution in [0.15, 0.2) is 0 Å². The lowest BCUT2D eigenvalue weighted by Gasteiger charge is -1.87. The number of carbonyl (C=O) groups is 1. The summed E-state index contributed by atoms with van der Waals surface area (Å²) in [5.41, 5.74) is 0. The molecular weight excluding hydrogens is 124 g/mol. The van der Waals surface area contributed by atoms with Crippen LogP contribution in [-0.2, 0) is 4.79 Å². The van der Waals surface area contributed by atoms with Gasteiger partial charge in [-0.1, -0.05) is 12.8 Å². The van der Waals surface area contributed by atoms with Gasteiger partial charge in [0.05, 0.1) is 0 Å². The van der Waals surface area contributed by atoms with Crippen molar-refractivity contribution in [3.63, 3.8) is 0 Å². The molecule has 0 aliphatic heterocycles. The van der Waals surface area contributed by atoms with E-state index in [1.807, 2.05) is 0 Å². The quantitative estimate of drug-likeness (QED) is 0.537. The lowest BCUT2D eigenvalue weighted by Crippen LogP contribution is -1.85. The maximum absolute atomic E-state index is 10.1. The lowest BCUT2D eigenvalue weighted by atomic mass is 10.2. The van der Waals surface area contributed by atoms with Crippen LogP contribution in [0.5, 0.6) is 0 Å². The third kappa shape index (κ3) is 2.31. The molecule has 8 heavy (non-hydrogen) atoms. The van der Waals surface area contributed by atoms with Gasteiger partial charge >= 0.3 is 0 Å². The van der Waals surface area contributed by atoms with Gasteiger partial charge in [0.15, 0.2) is 0 Å². The zero-order chi connectivity index (χ0) is 5.98. The fourth-order valence-electron chi connectivity index (χ4n) is 0.724. The fourth-order valence-corrected chi connectivity index (χ4v) is 0.833. The maximum Gasteiger partial charge on any atom is 0.221 e. The van der Waals surface area contributed by atoms with Gasteiger partial charge in [-0.2, -0.15) is 0 Å². The van der Waals surface area contributed by atoms with Gasteiger partial charge in [-0.25, -0.2) is 0 Å². The smallest absolute Gasteiger partial charge is 0.221 e. The van der Waals surface area contributed by atoms with Gasteiger partial charge in [-0.3, -0.25) is 4.79 Å². The first kappa shape index (κ1) is 6.09. The maximum atomic E-state index is 10.1. The Morgan fingerprint density at radius 1 is 1.62 bits per heavy atom. The molecule has 0 spiro atoms. The Morgan fingerprint density at radius 2 is 2.25 bits per heavy atom. The summed E-state index contributed by atoms with van der Waals surface area (Å²) in [6.07, 6.45) is 4.21. The van der Waals surface area contributed by atoms with Crippen molar-refractivity contribution < 1.29 is 4.79 Å². The van der Waals surface area contributed by atoms with Gasteiger partial charge < -0.3 is 0 Å². The van der Waals surface area contributed by atoms with Crippen LogP contribution in [0.2, 0.25) is 0 Å². The zero-order valence-corrected chi connectivity index (χ0v) is 5.45. The van der Waals surface area contributed by atoms with E-state index in [1.165, 1.54) is 12.8 Å². The van der Waals surface area contributed by atoms with Crippen LogP contribution in [0.4, 0.5) is 0 Å². The Hall–Kier alpha value is -0.0400. The Kier molecular flexibility index (Phi) is 1.90. The van der Waals surface area contributed by atoms with Crippen LogP contribution in [0.3, 0.4) is 0 Å². The van der Waals surface area contributed by atoms with Crippen LogP contribution in [0.25, 0.3) is 0 Å². The summed E-state index contributed by atoms with van der Waals surface area (Å²) < 4.78 is 0. The Labute approximate surface area is 54.0 Å². The van der Waals surface area contributed by atoms with Gasteiger partial charge in [-0.05, 0) is 23.9 Å². The third-order valence-corrected chi connectivity index (χ3v) is 1.64. The number of hydrogen-bond acceptors (Lipinski definition) is 1. The molecule has 2 heteroatoms.